The van der Waals surface area contributed by atoms with E-state index in [0.717, 1.165) is 46.7 Å². The molecule has 2 nitrogen and oxygen atoms in total. The van der Waals surface area contributed by atoms with Crippen LogP contribution in [0.15, 0.2) is 27.1 Å². The zero-order valence-corrected chi connectivity index (χ0v) is 13.6. The fourth-order valence-electron chi connectivity index (χ4n) is 2.01. The van der Waals surface area contributed by atoms with Crippen LogP contribution in [0, 0.1) is 0 Å². The van der Waals surface area contributed by atoms with Gasteiger partial charge in [0.1, 0.15) is 0 Å². The number of carbonyl (C=O) groups excluding carboxylic acids is 1. The highest BCUT2D eigenvalue weighted by atomic mass is 79.9. The van der Waals surface area contributed by atoms with Crippen molar-refractivity contribution in [3.8, 4) is 0 Å². The van der Waals surface area contributed by atoms with Crippen LogP contribution in [0.3, 0.4) is 0 Å². The average molecular weight is 375 g/mol. The Morgan fingerprint density at radius 2 is 1.89 bits per heavy atom. The molecule has 0 aliphatic heterocycles. The molecule has 0 N–H and O–H groups in total. The smallest absolute Gasteiger partial charge is 0.254 e. The largest absolute Gasteiger partial charge is 0.336 e. The summed E-state index contributed by atoms with van der Waals surface area (Å²) in [5.74, 6) is 0.160. The fourth-order valence-corrected chi connectivity index (χ4v) is 3.30. The summed E-state index contributed by atoms with van der Waals surface area (Å²) in [5.41, 5.74) is 0.763. The maximum Gasteiger partial charge on any atom is 0.254 e. The summed E-state index contributed by atoms with van der Waals surface area (Å²) in [5, 5.41) is 0. The highest BCUT2D eigenvalue weighted by molar-refractivity contribution is 9.11. The average Bonchev–Trinajstić information content (AvgIpc) is 3.12. The van der Waals surface area contributed by atoms with E-state index in [1.807, 2.05) is 23.1 Å². The molecule has 0 unspecified atom stereocenters. The minimum Gasteiger partial charge on any atom is -0.336 e. The van der Waals surface area contributed by atoms with Crippen LogP contribution in [0.25, 0.3) is 0 Å². The van der Waals surface area contributed by atoms with Crippen LogP contribution < -0.4 is 0 Å². The Kier molecular flexibility index (Phi) is 4.84. The normalized spacial score (nSPS) is 14.6. The van der Waals surface area contributed by atoms with Crippen LogP contribution in [-0.4, -0.2) is 23.4 Å². The third-order valence-electron chi connectivity index (χ3n) is 3.11. The molecule has 1 fully saturated rings. The minimum atomic E-state index is 0.160. The molecular formula is C14H17Br2NO. The minimum absolute atomic E-state index is 0.160. The molecule has 0 heterocycles. The van der Waals surface area contributed by atoms with E-state index in [9.17, 15) is 4.79 Å². The molecule has 1 aromatic carbocycles. The van der Waals surface area contributed by atoms with E-state index in [1.54, 1.807) is 0 Å². The van der Waals surface area contributed by atoms with Crippen molar-refractivity contribution < 1.29 is 4.79 Å². The predicted molar refractivity (Wildman–Crippen MR) is 80.8 cm³/mol. The first kappa shape index (κ1) is 14.1. The third-order valence-corrected chi connectivity index (χ3v) is 4.03. The topological polar surface area (TPSA) is 20.3 Å². The van der Waals surface area contributed by atoms with Gasteiger partial charge in [0, 0.05) is 27.1 Å². The molecule has 0 saturated heterocycles. The lowest BCUT2D eigenvalue weighted by Crippen LogP contribution is -2.34. The maximum absolute atomic E-state index is 12.5. The lowest BCUT2D eigenvalue weighted by Gasteiger charge is -2.22. The van der Waals surface area contributed by atoms with Gasteiger partial charge >= 0.3 is 0 Å². The van der Waals surface area contributed by atoms with Gasteiger partial charge in [-0.3, -0.25) is 4.79 Å². The van der Waals surface area contributed by atoms with Crippen molar-refractivity contribution >= 4 is 37.8 Å². The molecule has 0 aromatic heterocycles. The van der Waals surface area contributed by atoms with Crippen molar-refractivity contribution in [3.63, 3.8) is 0 Å². The van der Waals surface area contributed by atoms with Gasteiger partial charge in [0.05, 0.1) is 0 Å². The molecule has 1 aliphatic rings. The number of halogens is 2. The van der Waals surface area contributed by atoms with Crippen LogP contribution in [0.2, 0.25) is 0 Å². The van der Waals surface area contributed by atoms with Crippen molar-refractivity contribution in [1.29, 1.82) is 0 Å². The summed E-state index contributed by atoms with van der Waals surface area (Å²) in [4.78, 5) is 14.6. The summed E-state index contributed by atoms with van der Waals surface area (Å²) >= 11 is 6.87. The number of benzene rings is 1. The van der Waals surface area contributed by atoms with Gasteiger partial charge in [0.15, 0.2) is 0 Å². The Morgan fingerprint density at radius 3 is 2.39 bits per heavy atom. The Morgan fingerprint density at radius 1 is 1.28 bits per heavy atom. The van der Waals surface area contributed by atoms with Crippen LogP contribution in [0.5, 0.6) is 0 Å². The Bertz CT molecular complexity index is 423. The first-order chi connectivity index (χ1) is 8.61. The third kappa shape index (κ3) is 3.58. The standard InChI is InChI=1S/C14H17Br2NO/c1-2-3-6-17(13-4-5-13)14(18)10-7-11(15)9-12(16)8-10/h7-9,13H,2-6H2,1H3. The molecular weight excluding hydrogens is 358 g/mol. The van der Waals surface area contributed by atoms with E-state index in [0.29, 0.717) is 6.04 Å². The molecule has 0 radical (unpaired) electrons. The van der Waals surface area contributed by atoms with E-state index < -0.39 is 0 Å². The van der Waals surface area contributed by atoms with Gasteiger partial charge in [-0.25, -0.2) is 0 Å². The zero-order chi connectivity index (χ0) is 13.1. The molecule has 2 rings (SSSR count). The molecule has 0 bridgehead atoms. The number of rotatable bonds is 5. The van der Waals surface area contributed by atoms with Gasteiger partial charge < -0.3 is 4.90 Å². The number of unbranched alkanes of at least 4 members (excludes halogenated alkanes) is 1. The van der Waals surface area contributed by atoms with Gasteiger partial charge in [-0.1, -0.05) is 45.2 Å². The fraction of sp³-hybridized carbons (Fsp3) is 0.500. The van der Waals surface area contributed by atoms with E-state index in [-0.39, 0.29) is 5.91 Å². The molecule has 0 atom stereocenters. The van der Waals surface area contributed by atoms with Crippen molar-refractivity contribution in [2.75, 3.05) is 6.54 Å². The number of hydrogen-bond donors (Lipinski definition) is 0. The first-order valence-corrected chi connectivity index (χ1v) is 7.97. The molecule has 0 spiro atoms. The van der Waals surface area contributed by atoms with Gasteiger partial charge in [0.25, 0.3) is 5.91 Å². The van der Waals surface area contributed by atoms with E-state index >= 15 is 0 Å². The van der Waals surface area contributed by atoms with Crippen molar-refractivity contribution in [1.82, 2.24) is 4.90 Å². The molecule has 1 aliphatic carbocycles. The molecule has 98 valence electrons. The summed E-state index contributed by atoms with van der Waals surface area (Å²) in [7, 11) is 0. The lowest BCUT2D eigenvalue weighted by molar-refractivity contribution is 0.0740. The van der Waals surface area contributed by atoms with Gasteiger partial charge in [-0.15, -0.1) is 0 Å². The van der Waals surface area contributed by atoms with Crippen molar-refractivity contribution in [2.45, 2.75) is 38.6 Å². The molecule has 4 heteroatoms. The van der Waals surface area contributed by atoms with E-state index in [1.165, 1.54) is 0 Å². The zero-order valence-electron chi connectivity index (χ0n) is 10.5. The molecule has 18 heavy (non-hydrogen) atoms. The highest BCUT2D eigenvalue weighted by Crippen LogP contribution is 2.30. The Labute approximate surface area is 125 Å². The van der Waals surface area contributed by atoms with E-state index in [2.05, 4.69) is 38.8 Å². The molecule has 1 saturated carbocycles. The van der Waals surface area contributed by atoms with Gasteiger partial charge in [-0.2, -0.15) is 0 Å². The first-order valence-electron chi connectivity index (χ1n) is 6.39. The van der Waals surface area contributed by atoms with Crippen LogP contribution in [0.1, 0.15) is 43.0 Å². The second-order valence-electron chi connectivity index (χ2n) is 4.74. The quantitative estimate of drug-likeness (QED) is 0.736. The van der Waals surface area contributed by atoms with Crippen molar-refractivity contribution in [2.24, 2.45) is 0 Å². The van der Waals surface area contributed by atoms with Crippen molar-refractivity contribution in [3.05, 3.63) is 32.7 Å². The number of carbonyl (C=O) groups is 1. The van der Waals surface area contributed by atoms with Crippen LogP contribution >= 0.6 is 31.9 Å². The second kappa shape index (κ2) is 6.20. The Balaban J connectivity index is 2.16. The van der Waals surface area contributed by atoms with Crippen LogP contribution in [-0.2, 0) is 0 Å². The predicted octanol–water partition coefficient (Wildman–Crippen LogP) is 4.62. The highest BCUT2D eigenvalue weighted by Gasteiger charge is 2.32. The maximum atomic E-state index is 12.5. The monoisotopic (exact) mass is 373 g/mol. The molecule has 1 amide bonds. The van der Waals surface area contributed by atoms with Gasteiger partial charge in [-0.05, 0) is 37.5 Å². The number of amides is 1. The summed E-state index contributed by atoms with van der Waals surface area (Å²) in [6.45, 7) is 3.04. The lowest BCUT2D eigenvalue weighted by atomic mass is 10.2. The second-order valence-corrected chi connectivity index (χ2v) is 6.57. The van der Waals surface area contributed by atoms with Gasteiger partial charge in [0.2, 0.25) is 0 Å². The number of nitrogens with zero attached hydrogens (tertiary/aromatic N) is 1. The summed E-state index contributed by atoms with van der Waals surface area (Å²) in [6.07, 6.45) is 4.52. The number of hydrogen-bond acceptors (Lipinski definition) is 1. The van der Waals surface area contributed by atoms with Crippen LogP contribution in [0.4, 0.5) is 0 Å². The Hall–Kier alpha value is -0.350. The summed E-state index contributed by atoms with van der Waals surface area (Å²) in [6, 6.07) is 6.22. The van der Waals surface area contributed by atoms with E-state index in [4.69, 9.17) is 0 Å². The summed E-state index contributed by atoms with van der Waals surface area (Å²) < 4.78 is 1.87. The molecule has 1 aromatic rings. The SMILES string of the molecule is CCCCN(C(=O)c1cc(Br)cc(Br)c1)C1CC1.